The Morgan fingerprint density at radius 2 is 1.75 bits per heavy atom. The molecule has 0 fully saturated rings. The van der Waals surface area contributed by atoms with Crippen molar-refractivity contribution in [3.05, 3.63) is 29.8 Å². The van der Waals surface area contributed by atoms with Gasteiger partial charge >= 0.3 is 6.09 Å². The second-order valence-corrected chi connectivity index (χ2v) is 6.89. The molecule has 2 unspecified atom stereocenters. The summed E-state index contributed by atoms with van der Waals surface area (Å²) in [5.74, 6) is 0.854. The molecule has 0 aliphatic rings. The summed E-state index contributed by atoms with van der Waals surface area (Å²) in [6.45, 7) is 10.4. The maximum atomic E-state index is 11.8. The number of ether oxygens (including phenoxy) is 2. The lowest BCUT2D eigenvalue weighted by atomic mass is 10.0. The summed E-state index contributed by atoms with van der Waals surface area (Å²) in [6, 6.07) is 8.52. The maximum Gasteiger partial charge on any atom is 0.407 e. The van der Waals surface area contributed by atoms with Crippen LogP contribution < -0.4 is 15.4 Å². The number of rotatable bonds is 8. The third-order valence-corrected chi connectivity index (χ3v) is 3.75. The standard InChI is InChI=1S/C19H32N2O3/c1-7-15(13-20-18(22)24-19(3,4)5)21-17(8-2)14-9-11-16(23-6)12-10-14/h9-12,15,17,21H,7-8,13H2,1-6H3,(H,20,22). The van der Waals surface area contributed by atoms with Gasteiger partial charge in [-0.15, -0.1) is 0 Å². The lowest BCUT2D eigenvalue weighted by molar-refractivity contribution is 0.0521. The minimum atomic E-state index is -0.478. The SMILES string of the molecule is CCC(CNC(=O)OC(C)(C)C)NC(CC)c1ccc(OC)cc1. The van der Waals surface area contributed by atoms with Crippen LogP contribution in [0.4, 0.5) is 4.79 Å². The van der Waals surface area contributed by atoms with Gasteiger partial charge in [0, 0.05) is 18.6 Å². The second-order valence-electron chi connectivity index (χ2n) is 6.89. The molecule has 5 nitrogen and oxygen atoms in total. The molecular weight excluding hydrogens is 304 g/mol. The number of amides is 1. The predicted octanol–water partition coefficient (Wildman–Crippen LogP) is 4.04. The number of hydrogen-bond acceptors (Lipinski definition) is 4. The Hall–Kier alpha value is -1.75. The van der Waals surface area contributed by atoms with Crippen LogP contribution in [0, 0.1) is 0 Å². The predicted molar refractivity (Wildman–Crippen MR) is 97.5 cm³/mol. The average Bonchev–Trinajstić information content (AvgIpc) is 2.54. The Kier molecular flexibility index (Phi) is 8.05. The molecule has 24 heavy (non-hydrogen) atoms. The van der Waals surface area contributed by atoms with E-state index in [1.165, 1.54) is 5.56 Å². The van der Waals surface area contributed by atoms with Crippen molar-refractivity contribution in [2.75, 3.05) is 13.7 Å². The third kappa shape index (κ3) is 7.21. The van der Waals surface area contributed by atoms with Crippen LogP contribution in [-0.2, 0) is 4.74 Å². The first-order valence-electron chi connectivity index (χ1n) is 8.65. The van der Waals surface area contributed by atoms with E-state index in [4.69, 9.17) is 9.47 Å². The van der Waals surface area contributed by atoms with E-state index < -0.39 is 5.60 Å². The first-order chi connectivity index (χ1) is 11.3. The first-order valence-corrected chi connectivity index (χ1v) is 8.65. The summed E-state index contributed by atoms with van der Waals surface area (Å²) in [5.41, 5.74) is 0.739. The van der Waals surface area contributed by atoms with E-state index >= 15 is 0 Å². The molecule has 2 atom stereocenters. The van der Waals surface area contributed by atoms with Gasteiger partial charge in [0.15, 0.2) is 0 Å². The molecule has 0 aliphatic heterocycles. The Labute approximate surface area is 146 Å². The van der Waals surface area contributed by atoms with Crippen molar-refractivity contribution in [1.29, 1.82) is 0 Å². The Balaban J connectivity index is 2.59. The molecule has 0 aromatic heterocycles. The minimum absolute atomic E-state index is 0.185. The number of benzene rings is 1. The van der Waals surface area contributed by atoms with Gasteiger partial charge in [-0.2, -0.15) is 0 Å². The first kappa shape index (κ1) is 20.3. The summed E-state index contributed by atoms with van der Waals surface area (Å²) in [4.78, 5) is 11.8. The Morgan fingerprint density at radius 1 is 1.12 bits per heavy atom. The van der Waals surface area contributed by atoms with E-state index in [9.17, 15) is 4.79 Å². The zero-order chi connectivity index (χ0) is 18.2. The van der Waals surface area contributed by atoms with E-state index in [-0.39, 0.29) is 18.2 Å². The van der Waals surface area contributed by atoms with Crippen molar-refractivity contribution >= 4 is 6.09 Å². The van der Waals surface area contributed by atoms with Crippen molar-refractivity contribution in [2.24, 2.45) is 0 Å². The number of carbonyl (C=O) groups is 1. The molecule has 0 radical (unpaired) electrons. The van der Waals surface area contributed by atoms with Crippen molar-refractivity contribution in [1.82, 2.24) is 10.6 Å². The fraction of sp³-hybridized carbons (Fsp3) is 0.632. The number of nitrogens with one attached hydrogen (secondary N) is 2. The summed E-state index contributed by atoms with van der Waals surface area (Å²) < 4.78 is 10.5. The normalized spacial score (nSPS) is 13.9. The molecular formula is C19H32N2O3. The van der Waals surface area contributed by atoms with Gasteiger partial charge in [-0.1, -0.05) is 26.0 Å². The largest absolute Gasteiger partial charge is 0.497 e. The highest BCUT2D eigenvalue weighted by molar-refractivity contribution is 5.67. The molecule has 2 N–H and O–H groups in total. The van der Waals surface area contributed by atoms with Gasteiger partial charge in [-0.05, 0) is 51.3 Å². The molecule has 0 saturated carbocycles. The van der Waals surface area contributed by atoms with Crippen LogP contribution in [0.15, 0.2) is 24.3 Å². The van der Waals surface area contributed by atoms with E-state index in [2.05, 4.69) is 36.6 Å². The smallest absolute Gasteiger partial charge is 0.407 e. The van der Waals surface area contributed by atoms with Crippen molar-refractivity contribution in [3.8, 4) is 5.75 Å². The van der Waals surface area contributed by atoms with Crippen molar-refractivity contribution < 1.29 is 14.3 Å². The third-order valence-electron chi connectivity index (χ3n) is 3.75. The Bertz CT molecular complexity index is 494. The molecule has 1 amide bonds. The fourth-order valence-electron chi connectivity index (χ4n) is 2.41. The van der Waals surface area contributed by atoms with E-state index in [1.807, 2.05) is 32.9 Å². The lowest BCUT2D eigenvalue weighted by Gasteiger charge is -2.26. The molecule has 0 bridgehead atoms. The molecule has 1 rings (SSSR count). The van der Waals surface area contributed by atoms with E-state index in [0.717, 1.165) is 18.6 Å². The van der Waals surface area contributed by atoms with Crippen molar-refractivity contribution in [3.63, 3.8) is 0 Å². The molecule has 0 heterocycles. The van der Waals surface area contributed by atoms with Gasteiger partial charge in [0.1, 0.15) is 11.4 Å². The van der Waals surface area contributed by atoms with Gasteiger partial charge in [0.2, 0.25) is 0 Å². The van der Waals surface area contributed by atoms with Crippen LogP contribution >= 0.6 is 0 Å². The molecule has 1 aromatic rings. The highest BCUT2D eigenvalue weighted by atomic mass is 16.6. The van der Waals surface area contributed by atoms with E-state index in [1.54, 1.807) is 7.11 Å². The monoisotopic (exact) mass is 336 g/mol. The number of methoxy groups -OCH3 is 1. The lowest BCUT2D eigenvalue weighted by Crippen LogP contribution is -2.43. The van der Waals surface area contributed by atoms with Crippen molar-refractivity contribution in [2.45, 2.75) is 65.1 Å². The average molecular weight is 336 g/mol. The van der Waals surface area contributed by atoms with Gasteiger partial charge in [0.05, 0.1) is 7.11 Å². The zero-order valence-corrected chi connectivity index (χ0v) is 15.8. The molecule has 1 aromatic carbocycles. The van der Waals surface area contributed by atoms with Crippen LogP contribution in [0.3, 0.4) is 0 Å². The topological polar surface area (TPSA) is 59.6 Å². The van der Waals surface area contributed by atoms with Crippen LogP contribution in [-0.4, -0.2) is 31.4 Å². The summed E-state index contributed by atoms with van der Waals surface area (Å²) in [6.07, 6.45) is 1.51. The zero-order valence-electron chi connectivity index (χ0n) is 15.8. The molecule has 5 heteroatoms. The molecule has 0 spiro atoms. The second kappa shape index (κ2) is 9.52. The highest BCUT2D eigenvalue weighted by Gasteiger charge is 2.18. The van der Waals surface area contributed by atoms with Crippen LogP contribution in [0.25, 0.3) is 0 Å². The summed E-state index contributed by atoms with van der Waals surface area (Å²) >= 11 is 0. The molecule has 0 saturated heterocycles. The quantitative estimate of drug-likeness (QED) is 0.752. The fourth-order valence-corrected chi connectivity index (χ4v) is 2.41. The molecule has 0 aliphatic carbocycles. The minimum Gasteiger partial charge on any atom is -0.497 e. The number of alkyl carbamates (subject to hydrolysis) is 1. The van der Waals surface area contributed by atoms with E-state index in [0.29, 0.717) is 6.54 Å². The van der Waals surface area contributed by atoms with Gasteiger partial charge in [-0.25, -0.2) is 4.79 Å². The Morgan fingerprint density at radius 3 is 2.21 bits per heavy atom. The van der Waals surface area contributed by atoms with Crippen LogP contribution in [0.5, 0.6) is 5.75 Å². The molecule has 136 valence electrons. The maximum absolute atomic E-state index is 11.8. The summed E-state index contributed by atoms with van der Waals surface area (Å²) in [5, 5.41) is 6.46. The summed E-state index contributed by atoms with van der Waals surface area (Å²) in [7, 11) is 1.67. The van der Waals surface area contributed by atoms with Crippen LogP contribution in [0.1, 0.15) is 59.1 Å². The van der Waals surface area contributed by atoms with Gasteiger partial charge < -0.3 is 20.1 Å². The highest BCUT2D eigenvalue weighted by Crippen LogP contribution is 2.21. The number of hydrogen-bond donors (Lipinski definition) is 2. The van der Waals surface area contributed by atoms with Gasteiger partial charge in [-0.3, -0.25) is 0 Å². The van der Waals surface area contributed by atoms with Gasteiger partial charge in [0.25, 0.3) is 0 Å². The number of carbonyl (C=O) groups excluding carboxylic acids is 1. The van der Waals surface area contributed by atoms with Crippen LogP contribution in [0.2, 0.25) is 0 Å².